The van der Waals surface area contributed by atoms with Gasteiger partial charge in [-0.25, -0.2) is 0 Å². The van der Waals surface area contributed by atoms with E-state index >= 15 is 0 Å². The van der Waals surface area contributed by atoms with Crippen LogP contribution < -0.4 is 0 Å². The van der Waals surface area contributed by atoms with E-state index in [1.54, 1.807) is 0 Å². The number of rotatable bonds is 11. The summed E-state index contributed by atoms with van der Waals surface area (Å²) >= 11 is 1.91. The van der Waals surface area contributed by atoms with Crippen LogP contribution in [-0.4, -0.2) is 5.75 Å². The summed E-state index contributed by atoms with van der Waals surface area (Å²) in [5.74, 6) is 1.10. The Balaban J connectivity index is 1.88. The van der Waals surface area contributed by atoms with Crippen LogP contribution in [0.25, 0.3) is 0 Å². The van der Waals surface area contributed by atoms with E-state index in [4.69, 9.17) is 0 Å². The molecule has 1 aromatic rings. The average Bonchev–Trinajstić information content (AvgIpc) is 2.46. The number of unbranched alkanes of at least 4 members (excludes halogenated alkanes) is 7. The molecule has 0 nitrogen and oxygen atoms in total. The first-order valence-corrected chi connectivity index (χ1v) is 8.75. The van der Waals surface area contributed by atoms with E-state index in [1.807, 2.05) is 11.8 Å². The van der Waals surface area contributed by atoms with Gasteiger partial charge in [-0.2, -0.15) is 0 Å². The molecule has 0 spiro atoms. The van der Waals surface area contributed by atoms with Crippen molar-refractivity contribution in [3.8, 4) is 0 Å². The molecule has 1 rings (SSSR count). The topological polar surface area (TPSA) is 0 Å². The van der Waals surface area contributed by atoms with Crippen LogP contribution in [0.1, 0.15) is 58.3 Å². The molecule has 0 radical (unpaired) electrons. The Bertz CT molecular complexity index is 316. The van der Waals surface area contributed by atoms with Crippen LogP contribution in [0, 0.1) is 0 Å². The lowest BCUT2D eigenvalue weighted by atomic mass is 10.1. The standard InChI is InChI=1S/C18H28S/c1-2-3-4-5-6-7-8-9-10-14-17-19-18-15-12-11-13-16-18/h10-16H,2-9,17H2,1H3/b14-10+. The van der Waals surface area contributed by atoms with Crippen molar-refractivity contribution in [1.29, 1.82) is 0 Å². The van der Waals surface area contributed by atoms with Gasteiger partial charge >= 0.3 is 0 Å². The third-order valence-electron chi connectivity index (χ3n) is 3.23. The number of hydrogen-bond donors (Lipinski definition) is 0. The van der Waals surface area contributed by atoms with Gasteiger partial charge in [0.2, 0.25) is 0 Å². The minimum Gasteiger partial charge on any atom is -0.122 e. The fraction of sp³-hybridized carbons (Fsp3) is 0.556. The van der Waals surface area contributed by atoms with Crippen molar-refractivity contribution in [3.05, 3.63) is 42.5 Å². The minimum atomic E-state index is 1.10. The Kier molecular flexibility index (Phi) is 10.6. The Labute approximate surface area is 123 Å². The molecule has 0 atom stereocenters. The number of allylic oxidation sites excluding steroid dienone is 1. The van der Waals surface area contributed by atoms with Crippen LogP contribution in [-0.2, 0) is 0 Å². The summed E-state index contributed by atoms with van der Waals surface area (Å²) in [6.07, 6.45) is 15.7. The van der Waals surface area contributed by atoms with Crippen molar-refractivity contribution in [2.24, 2.45) is 0 Å². The Morgan fingerprint density at radius 2 is 1.53 bits per heavy atom. The maximum absolute atomic E-state index is 2.35. The Morgan fingerprint density at radius 3 is 2.26 bits per heavy atom. The van der Waals surface area contributed by atoms with E-state index in [9.17, 15) is 0 Å². The first-order chi connectivity index (χ1) is 9.43. The molecule has 0 fully saturated rings. The van der Waals surface area contributed by atoms with Gasteiger partial charge in [-0.3, -0.25) is 0 Å². The molecular formula is C18H28S. The summed E-state index contributed by atoms with van der Waals surface area (Å²) in [5.41, 5.74) is 0. The minimum absolute atomic E-state index is 1.10. The highest BCUT2D eigenvalue weighted by atomic mass is 32.2. The summed E-state index contributed by atoms with van der Waals surface area (Å²) in [6, 6.07) is 10.6. The molecule has 0 N–H and O–H groups in total. The van der Waals surface area contributed by atoms with Crippen molar-refractivity contribution in [2.75, 3.05) is 5.75 Å². The second-order valence-electron chi connectivity index (χ2n) is 5.01. The van der Waals surface area contributed by atoms with Gasteiger partial charge in [-0.05, 0) is 25.0 Å². The summed E-state index contributed by atoms with van der Waals surface area (Å²) in [7, 11) is 0. The zero-order chi connectivity index (χ0) is 13.6. The molecule has 0 amide bonds. The zero-order valence-electron chi connectivity index (χ0n) is 12.3. The van der Waals surface area contributed by atoms with Gasteiger partial charge in [-0.15, -0.1) is 11.8 Å². The smallest absolute Gasteiger partial charge is 0.0160 e. The highest BCUT2D eigenvalue weighted by Gasteiger charge is 1.90. The van der Waals surface area contributed by atoms with Gasteiger partial charge in [0.05, 0.1) is 0 Å². The lowest BCUT2D eigenvalue weighted by molar-refractivity contribution is 0.592. The van der Waals surface area contributed by atoms with E-state index in [0.717, 1.165) is 5.75 Å². The average molecular weight is 276 g/mol. The third-order valence-corrected chi connectivity index (χ3v) is 4.20. The summed E-state index contributed by atoms with van der Waals surface area (Å²) in [5, 5.41) is 0. The molecule has 0 aromatic heterocycles. The predicted octanol–water partition coefficient (Wildman–Crippen LogP) is 6.48. The molecule has 1 aromatic carbocycles. The second kappa shape index (κ2) is 12.3. The summed E-state index contributed by atoms with van der Waals surface area (Å²) in [4.78, 5) is 1.36. The van der Waals surface area contributed by atoms with E-state index in [2.05, 4.69) is 49.4 Å². The SMILES string of the molecule is CCCCCCCCC/C=C/CSc1ccccc1. The molecule has 19 heavy (non-hydrogen) atoms. The van der Waals surface area contributed by atoms with E-state index < -0.39 is 0 Å². The van der Waals surface area contributed by atoms with Gasteiger partial charge in [0, 0.05) is 10.6 Å². The maximum Gasteiger partial charge on any atom is 0.0160 e. The first kappa shape index (κ1) is 16.4. The zero-order valence-corrected chi connectivity index (χ0v) is 13.1. The first-order valence-electron chi connectivity index (χ1n) is 7.76. The fourth-order valence-electron chi connectivity index (χ4n) is 2.07. The maximum atomic E-state index is 2.35. The third kappa shape index (κ3) is 9.84. The lowest BCUT2D eigenvalue weighted by Crippen LogP contribution is -1.79. The number of thioether (sulfide) groups is 1. The second-order valence-corrected chi connectivity index (χ2v) is 6.10. The van der Waals surface area contributed by atoms with Crippen LogP contribution in [0.4, 0.5) is 0 Å². The van der Waals surface area contributed by atoms with Crippen LogP contribution >= 0.6 is 11.8 Å². The van der Waals surface area contributed by atoms with E-state index in [0.29, 0.717) is 0 Å². The van der Waals surface area contributed by atoms with Gasteiger partial charge in [0.25, 0.3) is 0 Å². The quantitative estimate of drug-likeness (QED) is 0.253. The van der Waals surface area contributed by atoms with Crippen LogP contribution in [0.3, 0.4) is 0 Å². The van der Waals surface area contributed by atoms with Gasteiger partial charge < -0.3 is 0 Å². The van der Waals surface area contributed by atoms with Crippen molar-refractivity contribution >= 4 is 11.8 Å². The molecule has 1 heteroatoms. The molecular weight excluding hydrogens is 248 g/mol. The van der Waals surface area contributed by atoms with Crippen molar-refractivity contribution < 1.29 is 0 Å². The van der Waals surface area contributed by atoms with Gasteiger partial charge in [0.15, 0.2) is 0 Å². The molecule has 0 aliphatic rings. The van der Waals surface area contributed by atoms with Gasteiger partial charge in [0.1, 0.15) is 0 Å². The highest BCUT2D eigenvalue weighted by Crippen LogP contribution is 2.17. The fourth-order valence-corrected chi connectivity index (χ4v) is 2.84. The van der Waals surface area contributed by atoms with Crippen LogP contribution in [0.2, 0.25) is 0 Å². The molecule has 0 heterocycles. The number of benzene rings is 1. The highest BCUT2D eigenvalue weighted by molar-refractivity contribution is 7.99. The summed E-state index contributed by atoms with van der Waals surface area (Å²) < 4.78 is 0. The molecule has 0 bridgehead atoms. The van der Waals surface area contributed by atoms with Crippen LogP contribution in [0.5, 0.6) is 0 Å². The molecule has 0 unspecified atom stereocenters. The molecule has 0 saturated carbocycles. The van der Waals surface area contributed by atoms with E-state index in [1.165, 1.54) is 56.3 Å². The molecule has 0 saturated heterocycles. The summed E-state index contributed by atoms with van der Waals surface area (Å²) in [6.45, 7) is 2.28. The van der Waals surface area contributed by atoms with Crippen molar-refractivity contribution in [1.82, 2.24) is 0 Å². The Hall–Kier alpha value is -0.690. The number of hydrogen-bond acceptors (Lipinski definition) is 1. The van der Waals surface area contributed by atoms with Crippen molar-refractivity contribution in [2.45, 2.75) is 63.2 Å². The van der Waals surface area contributed by atoms with Crippen LogP contribution in [0.15, 0.2) is 47.4 Å². The Morgan fingerprint density at radius 1 is 0.842 bits per heavy atom. The largest absolute Gasteiger partial charge is 0.122 e. The van der Waals surface area contributed by atoms with E-state index in [-0.39, 0.29) is 0 Å². The monoisotopic (exact) mass is 276 g/mol. The molecule has 0 aliphatic carbocycles. The predicted molar refractivity (Wildman–Crippen MR) is 88.9 cm³/mol. The van der Waals surface area contributed by atoms with Gasteiger partial charge in [-0.1, -0.05) is 75.8 Å². The normalized spacial score (nSPS) is 11.2. The molecule has 106 valence electrons. The van der Waals surface area contributed by atoms with Crippen molar-refractivity contribution in [3.63, 3.8) is 0 Å². The molecule has 0 aliphatic heterocycles. The lowest BCUT2D eigenvalue weighted by Gasteiger charge is -1.99.